The third-order valence-corrected chi connectivity index (χ3v) is 2.67. The van der Waals surface area contributed by atoms with Crippen LogP contribution >= 0.6 is 11.6 Å². The summed E-state index contributed by atoms with van der Waals surface area (Å²) in [5.74, 6) is 0.911. The van der Waals surface area contributed by atoms with Gasteiger partial charge in [0.15, 0.2) is 0 Å². The second-order valence-electron chi connectivity index (χ2n) is 3.88. The summed E-state index contributed by atoms with van der Waals surface area (Å²) in [6.07, 6.45) is 1.97. The van der Waals surface area contributed by atoms with Gasteiger partial charge in [-0.05, 0) is 24.1 Å². The van der Waals surface area contributed by atoms with E-state index in [-0.39, 0.29) is 12.5 Å². The minimum Gasteiger partial charge on any atom is -0.491 e. The number of alkyl halides is 1. The van der Waals surface area contributed by atoms with E-state index in [0.29, 0.717) is 13.2 Å². The van der Waals surface area contributed by atoms with Gasteiger partial charge in [-0.3, -0.25) is 0 Å². The molecular weight excluding hydrogens is 252 g/mol. The standard InChI is InChI=1S/C14H19ClO3/c1-2-8-17-9-7-12-3-5-14(6-4-12)18-11-13(16)10-15/h2-6,13,16H,1,7-11H2/t13-/m0/s1. The first-order chi connectivity index (χ1) is 8.76. The Morgan fingerprint density at radius 2 is 2.06 bits per heavy atom. The van der Waals surface area contributed by atoms with Crippen LogP contribution in [-0.4, -0.2) is 36.9 Å². The highest BCUT2D eigenvalue weighted by molar-refractivity contribution is 6.18. The molecule has 1 atom stereocenters. The van der Waals surface area contributed by atoms with E-state index < -0.39 is 6.10 Å². The average molecular weight is 271 g/mol. The molecule has 0 fully saturated rings. The lowest BCUT2D eigenvalue weighted by Gasteiger charge is -2.10. The second-order valence-corrected chi connectivity index (χ2v) is 4.19. The monoisotopic (exact) mass is 270 g/mol. The molecule has 0 radical (unpaired) electrons. The fourth-order valence-electron chi connectivity index (χ4n) is 1.35. The lowest BCUT2D eigenvalue weighted by molar-refractivity contribution is 0.125. The molecule has 0 aromatic heterocycles. The van der Waals surface area contributed by atoms with Gasteiger partial charge in [-0.25, -0.2) is 0 Å². The maximum atomic E-state index is 9.26. The number of aliphatic hydroxyl groups is 1. The lowest BCUT2D eigenvalue weighted by atomic mass is 10.1. The van der Waals surface area contributed by atoms with E-state index in [4.69, 9.17) is 21.1 Å². The zero-order valence-corrected chi connectivity index (χ0v) is 11.1. The van der Waals surface area contributed by atoms with Crippen LogP contribution in [0, 0.1) is 0 Å². The summed E-state index contributed by atoms with van der Waals surface area (Å²) in [5, 5.41) is 9.26. The van der Waals surface area contributed by atoms with E-state index in [2.05, 4.69) is 6.58 Å². The molecule has 0 aliphatic heterocycles. The van der Waals surface area contributed by atoms with Crippen molar-refractivity contribution >= 4 is 11.6 Å². The molecule has 1 aromatic carbocycles. The van der Waals surface area contributed by atoms with Crippen molar-refractivity contribution < 1.29 is 14.6 Å². The van der Waals surface area contributed by atoms with E-state index in [1.807, 2.05) is 24.3 Å². The minimum absolute atomic E-state index is 0.179. The number of hydrogen-bond donors (Lipinski definition) is 1. The molecule has 0 heterocycles. The minimum atomic E-state index is -0.626. The highest BCUT2D eigenvalue weighted by Gasteiger charge is 2.02. The molecule has 0 aliphatic rings. The SMILES string of the molecule is C=CCOCCc1ccc(OC[C@@H](O)CCl)cc1. The topological polar surface area (TPSA) is 38.7 Å². The van der Waals surface area contributed by atoms with Crippen LogP contribution in [0.2, 0.25) is 0 Å². The molecule has 1 rings (SSSR count). The molecule has 0 saturated heterocycles. The van der Waals surface area contributed by atoms with Crippen molar-refractivity contribution in [2.24, 2.45) is 0 Å². The predicted octanol–water partition coefficient (Wildman–Crippen LogP) is 2.41. The fraction of sp³-hybridized carbons (Fsp3) is 0.429. The first-order valence-corrected chi connectivity index (χ1v) is 6.44. The Hall–Kier alpha value is -1.03. The molecule has 100 valence electrons. The van der Waals surface area contributed by atoms with Crippen molar-refractivity contribution in [1.82, 2.24) is 0 Å². The van der Waals surface area contributed by atoms with Crippen molar-refractivity contribution in [3.05, 3.63) is 42.5 Å². The van der Waals surface area contributed by atoms with Crippen LogP contribution < -0.4 is 4.74 Å². The Bertz CT molecular complexity index is 337. The van der Waals surface area contributed by atoms with Gasteiger partial charge in [0.2, 0.25) is 0 Å². The molecule has 3 nitrogen and oxygen atoms in total. The summed E-state index contributed by atoms with van der Waals surface area (Å²) < 4.78 is 10.7. The Labute approximate surface area is 113 Å². The number of aliphatic hydroxyl groups excluding tert-OH is 1. The van der Waals surface area contributed by atoms with Crippen LogP contribution in [0.1, 0.15) is 5.56 Å². The highest BCUT2D eigenvalue weighted by atomic mass is 35.5. The van der Waals surface area contributed by atoms with Crippen LogP contribution in [0.3, 0.4) is 0 Å². The van der Waals surface area contributed by atoms with Gasteiger partial charge in [0.25, 0.3) is 0 Å². The van der Waals surface area contributed by atoms with E-state index in [1.54, 1.807) is 6.08 Å². The molecule has 0 spiro atoms. The predicted molar refractivity (Wildman–Crippen MR) is 73.4 cm³/mol. The molecule has 4 heteroatoms. The average Bonchev–Trinajstić information content (AvgIpc) is 2.42. The molecule has 0 amide bonds. The Balaban J connectivity index is 2.30. The van der Waals surface area contributed by atoms with Crippen molar-refractivity contribution in [2.75, 3.05) is 25.7 Å². The molecule has 18 heavy (non-hydrogen) atoms. The summed E-state index contributed by atoms with van der Waals surface area (Å²) in [4.78, 5) is 0. The summed E-state index contributed by atoms with van der Waals surface area (Å²) in [6.45, 7) is 5.06. The zero-order valence-electron chi connectivity index (χ0n) is 10.3. The van der Waals surface area contributed by atoms with Crippen LogP contribution in [-0.2, 0) is 11.2 Å². The van der Waals surface area contributed by atoms with Gasteiger partial charge in [0.1, 0.15) is 18.5 Å². The number of rotatable bonds is 9. The normalized spacial score (nSPS) is 12.1. The summed E-state index contributed by atoms with van der Waals surface area (Å²) >= 11 is 5.48. The Morgan fingerprint density at radius 1 is 1.33 bits per heavy atom. The van der Waals surface area contributed by atoms with Gasteiger partial charge < -0.3 is 14.6 Å². The van der Waals surface area contributed by atoms with Gasteiger partial charge in [0.05, 0.1) is 19.1 Å². The van der Waals surface area contributed by atoms with Crippen molar-refractivity contribution in [2.45, 2.75) is 12.5 Å². The third kappa shape index (κ3) is 6.05. The van der Waals surface area contributed by atoms with Crippen LogP contribution in [0.4, 0.5) is 0 Å². The van der Waals surface area contributed by atoms with Gasteiger partial charge in [-0.15, -0.1) is 18.2 Å². The number of hydrogen-bond acceptors (Lipinski definition) is 3. The summed E-state index contributed by atoms with van der Waals surface area (Å²) in [7, 11) is 0. The van der Waals surface area contributed by atoms with Crippen molar-refractivity contribution in [3.63, 3.8) is 0 Å². The van der Waals surface area contributed by atoms with E-state index >= 15 is 0 Å². The lowest BCUT2D eigenvalue weighted by Crippen LogP contribution is -2.18. The van der Waals surface area contributed by atoms with Gasteiger partial charge in [-0.1, -0.05) is 18.2 Å². The summed E-state index contributed by atoms with van der Waals surface area (Å²) in [5.41, 5.74) is 1.18. The number of halogens is 1. The van der Waals surface area contributed by atoms with Crippen molar-refractivity contribution in [3.8, 4) is 5.75 Å². The molecule has 0 aliphatic carbocycles. The zero-order chi connectivity index (χ0) is 13.2. The second kappa shape index (κ2) is 8.97. The molecule has 1 N–H and O–H groups in total. The first kappa shape index (κ1) is 15.0. The molecular formula is C14H19ClO3. The number of benzene rings is 1. The smallest absolute Gasteiger partial charge is 0.119 e. The van der Waals surface area contributed by atoms with E-state index in [9.17, 15) is 5.11 Å². The molecule has 1 aromatic rings. The van der Waals surface area contributed by atoms with Crippen LogP contribution in [0.15, 0.2) is 36.9 Å². The van der Waals surface area contributed by atoms with Crippen molar-refractivity contribution in [1.29, 1.82) is 0 Å². The molecule has 0 unspecified atom stereocenters. The summed E-state index contributed by atoms with van der Waals surface area (Å²) in [6, 6.07) is 7.73. The maximum Gasteiger partial charge on any atom is 0.119 e. The van der Waals surface area contributed by atoms with Gasteiger partial charge >= 0.3 is 0 Å². The Morgan fingerprint density at radius 3 is 2.67 bits per heavy atom. The van der Waals surface area contributed by atoms with E-state index in [0.717, 1.165) is 12.2 Å². The maximum absolute atomic E-state index is 9.26. The Kier molecular flexibility index (Phi) is 7.49. The van der Waals surface area contributed by atoms with Crippen LogP contribution in [0.25, 0.3) is 0 Å². The molecule has 0 bridgehead atoms. The fourth-order valence-corrected chi connectivity index (χ4v) is 1.44. The highest BCUT2D eigenvalue weighted by Crippen LogP contribution is 2.13. The van der Waals surface area contributed by atoms with E-state index in [1.165, 1.54) is 5.56 Å². The number of ether oxygens (including phenoxy) is 2. The first-order valence-electron chi connectivity index (χ1n) is 5.90. The third-order valence-electron chi connectivity index (χ3n) is 2.31. The van der Waals surface area contributed by atoms with Gasteiger partial charge in [-0.2, -0.15) is 0 Å². The largest absolute Gasteiger partial charge is 0.491 e. The molecule has 0 saturated carbocycles. The quantitative estimate of drug-likeness (QED) is 0.425. The van der Waals surface area contributed by atoms with Crippen LogP contribution in [0.5, 0.6) is 5.75 Å². The van der Waals surface area contributed by atoms with Gasteiger partial charge in [0, 0.05) is 0 Å².